The maximum Gasteiger partial charge on any atom is 0.257 e. The van der Waals surface area contributed by atoms with Crippen LogP contribution in [0.15, 0.2) is 4.42 Å². The van der Waals surface area contributed by atoms with Gasteiger partial charge in [-0.3, -0.25) is 4.79 Å². The van der Waals surface area contributed by atoms with Crippen molar-refractivity contribution in [1.82, 2.24) is 4.90 Å². The van der Waals surface area contributed by atoms with Crippen LogP contribution in [0.5, 0.6) is 0 Å². The molecule has 0 saturated carbocycles. The van der Waals surface area contributed by atoms with Gasteiger partial charge in [0, 0.05) is 18.7 Å². The molecule has 0 bridgehead atoms. The minimum absolute atomic E-state index is 0.0320. The highest BCUT2D eigenvalue weighted by atomic mass is 16.3. The molecule has 1 aromatic rings. The van der Waals surface area contributed by atoms with Crippen LogP contribution in [0.1, 0.15) is 53.6 Å². The van der Waals surface area contributed by atoms with E-state index in [1.165, 1.54) is 0 Å². The van der Waals surface area contributed by atoms with Crippen LogP contribution in [0.3, 0.4) is 0 Å². The summed E-state index contributed by atoms with van der Waals surface area (Å²) in [6.45, 7) is 8.80. The van der Waals surface area contributed by atoms with E-state index < -0.39 is 5.60 Å². The van der Waals surface area contributed by atoms with E-state index in [1.807, 2.05) is 32.6 Å². The van der Waals surface area contributed by atoms with E-state index >= 15 is 0 Å². The van der Waals surface area contributed by atoms with E-state index in [9.17, 15) is 9.90 Å². The summed E-state index contributed by atoms with van der Waals surface area (Å²) < 4.78 is 5.53. The summed E-state index contributed by atoms with van der Waals surface area (Å²) in [6.07, 6.45) is 2.22. The van der Waals surface area contributed by atoms with E-state index in [-0.39, 0.29) is 5.91 Å². The fourth-order valence-electron chi connectivity index (χ4n) is 2.73. The number of hydrogen-bond acceptors (Lipinski definition) is 3. The molecule has 106 valence electrons. The van der Waals surface area contributed by atoms with Crippen molar-refractivity contribution in [2.24, 2.45) is 0 Å². The first-order chi connectivity index (χ1) is 8.82. The van der Waals surface area contributed by atoms with Crippen molar-refractivity contribution >= 4 is 5.91 Å². The highest BCUT2D eigenvalue weighted by Crippen LogP contribution is 2.26. The average molecular weight is 265 g/mol. The average Bonchev–Trinajstić information content (AvgIpc) is 2.49. The molecule has 1 fully saturated rings. The van der Waals surface area contributed by atoms with Crippen LogP contribution in [0.25, 0.3) is 0 Å². The number of aryl methyl sites for hydroxylation is 2. The number of nitrogens with zero attached hydrogens (tertiary/aromatic N) is 1. The number of aliphatic hydroxyl groups is 1. The van der Waals surface area contributed by atoms with Crippen molar-refractivity contribution in [2.75, 3.05) is 13.1 Å². The molecule has 4 heteroatoms. The Morgan fingerprint density at radius 1 is 1.21 bits per heavy atom. The van der Waals surface area contributed by atoms with Crippen molar-refractivity contribution in [3.63, 3.8) is 0 Å². The maximum atomic E-state index is 12.6. The van der Waals surface area contributed by atoms with Crippen LogP contribution in [-0.2, 0) is 0 Å². The smallest absolute Gasteiger partial charge is 0.257 e. The van der Waals surface area contributed by atoms with Crippen molar-refractivity contribution in [3.05, 3.63) is 22.6 Å². The third kappa shape index (κ3) is 2.84. The van der Waals surface area contributed by atoms with Crippen molar-refractivity contribution in [3.8, 4) is 0 Å². The van der Waals surface area contributed by atoms with E-state index in [2.05, 4.69) is 0 Å². The quantitative estimate of drug-likeness (QED) is 0.849. The topological polar surface area (TPSA) is 53.7 Å². The van der Waals surface area contributed by atoms with Gasteiger partial charge in [-0.15, -0.1) is 0 Å². The first-order valence-electron chi connectivity index (χ1n) is 6.90. The third-order valence-electron chi connectivity index (χ3n) is 4.13. The molecule has 2 heterocycles. The first kappa shape index (κ1) is 14.1. The van der Waals surface area contributed by atoms with E-state index in [4.69, 9.17) is 4.42 Å². The molecule has 1 saturated heterocycles. The van der Waals surface area contributed by atoms with Gasteiger partial charge in [-0.05, 0) is 47.0 Å². The number of carbonyl (C=O) groups excluding carboxylic acids is 1. The minimum Gasteiger partial charge on any atom is -0.466 e. The summed E-state index contributed by atoms with van der Waals surface area (Å²) in [5, 5.41) is 10.1. The molecular weight excluding hydrogens is 242 g/mol. The summed E-state index contributed by atoms with van der Waals surface area (Å²) in [6, 6.07) is 0. The van der Waals surface area contributed by atoms with Gasteiger partial charge in [0.1, 0.15) is 11.5 Å². The third-order valence-corrected chi connectivity index (χ3v) is 4.13. The Morgan fingerprint density at radius 3 is 2.47 bits per heavy atom. The van der Waals surface area contributed by atoms with Gasteiger partial charge in [-0.2, -0.15) is 0 Å². The lowest BCUT2D eigenvalue weighted by Gasteiger charge is -2.22. The number of likely N-dealkylation sites (tertiary alicyclic amines) is 1. The van der Waals surface area contributed by atoms with Gasteiger partial charge in [0.25, 0.3) is 5.91 Å². The summed E-state index contributed by atoms with van der Waals surface area (Å²) in [7, 11) is 0. The molecule has 1 aliphatic rings. The molecule has 0 aliphatic carbocycles. The van der Waals surface area contributed by atoms with E-state index in [0.717, 1.165) is 24.2 Å². The standard InChI is InChI=1S/C15H23NO3/c1-10-11(2)19-12(3)13(10)14(17)16-8-5-6-15(4,18)7-9-16/h18H,5-9H2,1-4H3. The molecular formula is C15H23NO3. The molecule has 0 radical (unpaired) electrons. The summed E-state index contributed by atoms with van der Waals surface area (Å²) >= 11 is 0. The van der Waals surface area contributed by atoms with E-state index in [0.29, 0.717) is 30.8 Å². The zero-order valence-electron chi connectivity index (χ0n) is 12.2. The molecule has 1 aromatic heterocycles. The number of carbonyl (C=O) groups is 1. The molecule has 1 amide bonds. The predicted molar refractivity (Wildman–Crippen MR) is 73.3 cm³/mol. The van der Waals surface area contributed by atoms with Crippen LogP contribution in [0.2, 0.25) is 0 Å². The second-order valence-electron chi connectivity index (χ2n) is 5.86. The lowest BCUT2D eigenvalue weighted by atomic mass is 9.98. The van der Waals surface area contributed by atoms with Gasteiger partial charge in [0.15, 0.2) is 0 Å². The van der Waals surface area contributed by atoms with Crippen molar-refractivity contribution in [2.45, 2.75) is 52.6 Å². The monoisotopic (exact) mass is 265 g/mol. The molecule has 19 heavy (non-hydrogen) atoms. The number of furan rings is 1. The molecule has 1 atom stereocenters. The molecule has 1 aliphatic heterocycles. The minimum atomic E-state index is -0.647. The Hall–Kier alpha value is -1.29. The Kier molecular flexibility index (Phi) is 3.72. The van der Waals surface area contributed by atoms with Gasteiger partial charge in [-0.25, -0.2) is 0 Å². The second-order valence-corrected chi connectivity index (χ2v) is 5.86. The fourth-order valence-corrected chi connectivity index (χ4v) is 2.73. The number of rotatable bonds is 1. The van der Waals surface area contributed by atoms with Crippen LogP contribution in [0.4, 0.5) is 0 Å². The van der Waals surface area contributed by atoms with Crippen molar-refractivity contribution < 1.29 is 14.3 Å². The maximum absolute atomic E-state index is 12.6. The van der Waals surface area contributed by atoms with Gasteiger partial charge in [0.05, 0.1) is 11.2 Å². The summed E-state index contributed by atoms with van der Waals surface area (Å²) in [4.78, 5) is 14.4. The predicted octanol–water partition coefficient (Wildman–Crippen LogP) is 2.58. The fraction of sp³-hybridized carbons (Fsp3) is 0.667. The number of amides is 1. The lowest BCUT2D eigenvalue weighted by Crippen LogP contribution is -2.34. The zero-order valence-corrected chi connectivity index (χ0v) is 12.2. The van der Waals surface area contributed by atoms with Crippen LogP contribution >= 0.6 is 0 Å². The Morgan fingerprint density at radius 2 is 1.89 bits per heavy atom. The lowest BCUT2D eigenvalue weighted by molar-refractivity contribution is 0.0438. The Balaban J connectivity index is 2.20. The van der Waals surface area contributed by atoms with Gasteiger partial charge in [0.2, 0.25) is 0 Å². The zero-order chi connectivity index (χ0) is 14.2. The first-order valence-corrected chi connectivity index (χ1v) is 6.90. The Bertz CT molecular complexity index is 488. The molecule has 1 N–H and O–H groups in total. The molecule has 1 unspecified atom stereocenters. The summed E-state index contributed by atoms with van der Waals surface area (Å²) in [5.41, 5.74) is 0.975. The molecule has 0 aromatic carbocycles. The molecule has 0 spiro atoms. The highest BCUT2D eigenvalue weighted by Gasteiger charge is 2.29. The molecule has 2 rings (SSSR count). The van der Waals surface area contributed by atoms with Gasteiger partial charge >= 0.3 is 0 Å². The highest BCUT2D eigenvalue weighted by molar-refractivity contribution is 5.96. The van der Waals surface area contributed by atoms with Crippen LogP contribution in [-0.4, -0.2) is 34.6 Å². The normalized spacial score (nSPS) is 24.4. The summed E-state index contributed by atoms with van der Waals surface area (Å²) in [5.74, 6) is 1.53. The Labute approximate surface area is 114 Å². The van der Waals surface area contributed by atoms with Gasteiger partial charge in [-0.1, -0.05) is 0 Å². The van der Waals surface area contributed by atoms with Crippen LogP contribution in [0, 0.1) is 20.8 Å². The second kappa shape index (κ2) is 5.00. The van der Waals surface area contributed by atoms with Crippen molar-refractivity contribution in [1.29, 1.82) is 0 Å². The van der Waals surface area contributed by atoms with E-state index in [1.54, 1.807) is 0 Å². The SMILES string of the molecule is Cc1oc(C)c(C(=O)N2CCCC(C)(O)CC2)c1C. The number of hydrogen-bond donors (Lipinski definition) is 1. The van der Waals surface area contributed by atoms with Gasteiger partial charge < -0.3 is 14.4 Å². The largest absolute Gasteiger partial charge is 0.466 e. The molecule has 4 nitrogen and oxygen atoms in total. The van der Waals surface area contributed by atoms with Crippen LogP contribution < -0.4 is 0 Å².